The van der Waals surface area contributed by atoms with Crippen LogP contribution in [0.15, 0.2) is 6.07 Å². The summed E-state index contributed by atoms with van der Waals surface area (Å²) in [6.07, 6.45) is 0.588. The standard InChI is InChI=1S/C10H15NO/c1-5-10(12)9-6-7(2)11(4)8(9)3/h6H,5H2,1-4H3. The van der Waals surface area contributed by atoms with Crippen LogP contribution >= 0.6 is 0 Å². The molecule has 1 rings (SSSR count). The molecule has 1 aromatic rings. The van der Waals surface area contributed by atoms with Crippen LogP contribution in [0.25, 0.3) is 0 Å². The summed E-state index contributed by atoms with van der Waals surface area (Å²) in [5.41, 5.74) is 3.08. The quantitative estimate of drug-likeness (QED) is 0.616. The fourth-order valence-electron chi connectivity index (χ4n) is 1.33. The smallest absolute Gasteiger partial charge is 0.164 e. The number of rotatable bonds is 2. The monoisotopic (exact) mass is 165 g/mol. The number of nitrogens with zero attached hydrogens (tertiary/aromatic N) is 1. The summed E-state index contributed by atoms with van der Waals surface area (Å²) in [4.78, 5) is 11.4. The second-order valence-corrected chi connectivity index (χ2v) is 3.12. The lowest BCUT2D eigenvalue weighted by Crippen LogP contribution is -1.99. The Hall–Kier alpha value is -1.05. The molecule has 1 aromatic heterocycles. The van der Waals surface area contributed by atoms with E-state index in [0.29, 0.717) is 6.42 Å². The van der Waals surface area contributed by atoms with Crippen molar-refractivity contribution in [2.45, 2.75) is 27.2 Å². The Kier molecular flexibility index (Phi) is 2.36. The first-order valence-corrected chi connectivity index (χ1v) is 4.24. The molecule has 0 atom stereocenters. The minimum absolute atomic E-state index is 0.233. The third-order valence-corrected chi connectivity index (χ3v) is 2.40. The van der Waals surface area contributed by atoms with Crippen molar-refractivity contribution in [3.63, 3.8) is 0 Å². The normalized spacial score (nSPS) is 10.3. The molecular weight excluding hydrogens is 150 g/mol. The first-order chi connectivity index (χ1) is 5.57. The second-order valence-electron chi connectivity index (χ2n) is 3.12. The molecule has 0 saturated heterocycles. The molecule has 0 aliphatic heterocycles. The fraction of sp³-hybridized carbons (Fsp3) is 0.500. The summed E-state index contributed by atoms with van der Waals surface area (Å²) in [5, 5.41) is 0. The largest absolute Gasteiger partial charge is 0.351 e. The molecule has 0 N–H and O–H groups in total. The van der Waals surface area contributed by atoms with Gasteiger partial charge in [0.1, 0.15) is 0 Å². The van der Waals surface area contributed by atoms with E-state index in [2.05, 4.69) is 0 Å². The molecule has 12 heavy (non-hydrogen) atoms. The van der Waals surface area contributed by atoms with Crippen LogP contribution in [-0.4, -0.2) is 10.4 Å². The van der Waals surface area contributed by atoms with Gasteiger partial charge in [-0.1, -0.05) is 6.92 Å². The molecule has 0 fully saturated rings. The van der Waals surface area contributed by atoms with Gasteiger partial charge >= 0.3 is 0 Å². The van der Waals surface area contributed by atoms with Gasteiger partial charge in [0.2, 0.25) is 0 Å². The molecule has 0 unspecified atom stereocenters. The molecule has 0 aromatic carbocycles. The minimum atomic E-state index is 0.233. The average molecular weight is 165 g/mol. The highest BCUT2D eigenvalue weighted by Gasteiger charge is 2.11. The van der Waals surface area contributed by atoms with Crippen molar-refractivity contribution >= 4 is 5.78 Å². The third kappa shape index (κ3) is 1.29. The molecule has 0 spiro atoms. The van der Waals surface area contributed by atoms with Crippen LogP contribution < -0.4 is 0 Å². The van der Waals surface area contributed by atoms with E-state index in [4.69, 9.17) is 0 Å². The summed E-state index contributed by atoms with van der Waals surface area (Å²) < 4.78 is 2.04. The molecule has 66 valence electrons. The van der Waals surface area contributed by atoms with Crippen molar-refractivity contribution in [1.82, 2.24) is 4.57 Å². The van der Waals surface area contributed by atoms with Gasteiger partial charge in [0, 0.05) is 30.4 Å². The Labute approximate surface area is 73.2 Å². The predicted octanol–water partition coefficient (Wildman–Crippen LogP) is 2.23. The van der Waals surface area contributed by atoms with Crippen LogP contribution in [0.1, 0.15) is 35.1 Å². The van der Waals surface area contributed by atoms with Gasteiger partial charge in [-0.05, 0) is 19.9 Å². The van der Waals surface area contributed by atoms with Gasteiger partial charge in [-0.15, -0.1) is 0 Å². The Bertz CT molecular complexity index is 310. The van der Waals surface area contributed by atoms with Crippen LogP contribution in [0, 0.1) is 13.8 Å². The van der Waals surface area contributed by atoms with Gasteiger partial charge in [-0.25, -0.2) is 0 Å². The van der Waals surface area contributed by atoms with Crippen molar-refractivity contribution in [2.24, 2.45) is 7.05 Å². The Morgan fingerprint density at radius 3 is 2.42 bits per heavy atom. The molecule has 2 heteroatoms. The number of aromatic nitrogens is 1. The highest BCUT2D eigenvalue weighted by atomic mass is 16.1. The Morgan fingerprint density at radius 1 is 1.50 bits per heavy atom. The van der Waals surface area contributed by atoms with E-state index in [1.165, 1.54) is 0 Å². The number of hydrogen-bond donors (Lipinski definition) is 0. The van der Waals surface area contributed by atoms with Crippen molar-refractivity contribution in [2.75, 3.05) is 0 Å². The molecule has 0 bridgehead atoms. The number of hydrogen-bond acceptors (Lipinski definition) is 1. The van der Waals surface area contributed by atoms with Crippen LogP contribution in [0.3, 0.4) is 0 Å². The van der Waals surface area contributed by atoms with Crippen molar-refractivity contribution in [3.8, 4) is 0 Å². The molecule has 2 nitrogen and oxygen atoms in total. The van der Waals surface area contributed by atoms with E-state index in [1.54, 1.807) is 0 Å². The molecular formula is C10H15NO. The number of ketones is 1. The lowest BCUT2D eigenvalue weighted by atomic mass is 10.1. The van der Waals surface area contributed by atoms with Gasteiger partial charge in [0.15, 0.2) is 5.78 Å². The molecule has 0 amide bonds. The first kappa shape index (κ1) is 9.04. The van der Waals surface area contributed by atoms with Gasteiger partial charge < -0.3 is 4.57 Å². The van der Waals surface area contributed by atoms with E-state index < -0.39 is 0 Å². The summed E-state index contributed by atoms with van der Waals surface area (Å²) in [7, 11) is 1.98. The van der Waals surface area contributed by atoms with E-state index in [-0.39, 0.29) is 5.78 Å². The van der Waals surface area contributed by atoms with E-state index in [1.807, 2.05) is 38.5 Å². The molecule has 1 heterocycles. The minimum Gasteiger partial charge on any atom is -0.351 e. The molecule has 0 aliphatic carbocycles. The number of aryl methyl sites for hydroxylation is 1. The maximum absolute atomic E-state index is 11.4. The van der Waals surface area contributed by atoms with Crippen LogP contribution in [0.4, 0.5) is 0 Å². The maximum atomic E-state index is 11.4. The van der Waals surface area contributed by atoms with E-state index in [9.17, 15) is 4.79 Å². The topological polar surface area (TPSA) is 22.0 Å². The van der Waals surface area contributed by atoms with Gasteiger partial charge in [-0.3, -0.25) is 4.79 Å². The lowest BCUT2D eigenvalue weighted by Gasteiger charge is -1.99. The highest BCUT2D eigenvalue weighted by Crippen LogP contribution is 2.14. The zero-order chi connectivity index (χ0) is 9.30. The summed E-state index contributed by atoms with van der Waals surface area (Å²) in [5.74, 6) is 0.233. The summed E-state index contributed by atoms with van der Waals surface area (Å²) in [6, 6.07) is 1.96. The lowest BCUT2D eigenvalue weighted by molar-refractivity contribution is 0.0987. The summed E-state index contributed by atoms with van der Waals surface area (Å²) in [6.45, 7) is 5.89. The first-order valence-electron chi connectivity index (χ1n) is 4.24. The van der Waals surface area contributed by atoms with E-state index >= 15 is 0 Å². The van der Waals surface area contributed by atoms with E-state index in [0.717, 1.165) is 17.0 Å². The predicted molar refractivity (Wildman–Crippen MR) is 49.5 cm³/mol. The fourth-order valence-corrected chi connectivity index (χ4v) is 1.33. The zero-order valence-electron chi connectivity index (χ0n) is 8.14. The Morgan fingerprint density at radius 2 is 2.08 bits per heavy atom. The van der Waals surface area contributed by atoms with Crippen LogP contribution in [0.5, 0.6) is 0 Å². The maximum Gasteiger partial charge on any atom is 0.164 e. The SMILES string of the molecule is CCC(=O)c1cc(C)n(C)c1C. The van der Waals surface area contributed by atoms with Crippen LogP contribution in [0.2, 0.25) is 0 Å². The number of carbonyl (C=O) groups excluding carboxylic acids is 1. The summed E-state index contributed by atoms with van der Waals surface area (Å²) >= 11 is 0. The zero-order valence-corrected chi connectivity index (χ0v) is 8.14. The van der Waals surface area contributed by atoms with Crippen molar-refractivity contribution < 1.29 is 4.79 Å². The van der Waals surface area contributed by atoms with Crippen LogP contribution in [-0.2, 0) is 7.05 Å². The van der Waals surface area contributed by atoms with Crippen molar-refractivity contribution in [3.05, 3.63) is 23.0 Å². The Balaban J connectivity index is 3.17. The number of carbonyl (C=O) groups is 1. The number of Topliss-reactive ketones (excluding diaryl/α,β-unsaturated/α-hetero) is 1. The third-order valence-electron chi connectivity index (χ3n) is 2.40. The highest BCUT2D eigenvalue weighted by molar-refractivity contribution is 5.97. The molecule has 0 radical (unpaired) electrons. The molecule has 0 saturated carbocycles. The van der Waals surface area contributed by atoms with Crippen molar-refractivity contribution in [1.29, 1.82) is 0 Å². The van der Waals surface area contributed by atoms with Gasteiger partial charge in [0.05, 0.1) is 0 Å². The average Bonchev–Trinajstić information content (AvgIpc) is 2.32. The second kappa shape index (κ2) is 3.13. The van der Waals surface area contributed by atoms with Gasteiger partial charge in [-0.2, -0.15) is 0 Å². The van der Waals surface area contributed by atoms with Gasteiger partial charge in [0.25, 0.3) is 0 Å². The molecule has 0 aliphatic rings.